The molecule has 14 heteroatoms. The minimum Gasteiger partial charge on any atom is -0.462 e. The van der Waals surface area contributed by atoms with Crippen LogP contribution in [0.2, 0.25) is 0 Å². The maximum absolute atomic E-state index is 13.8. The van der Waals surface area contributed by atoms with Gasteiger partial charge in [-0.05, 0) is 45.9 Å². The van der Waals surface area contributed by atoms with Crippen molar-refractivity contribution >= 4 is 19.5 Å². The van der Waals surface area contributed by atoms with Crippen molar-refractivity contribution < 1.29 is 37.7 Å². The molecular formula is C23H31N4O9P. The Morgan fingerprint density at radius 1 is 1.32 bits per heavy atom. The zero-order valence-corrected chi connectivity index (χ0v) is 21.8. The third-order valence-corrected chi connectivity index (χ3v) is 7.74. The molecular weight excluding hydrogens is 507 g/mol. The van der Waals surface area contributed by atoms with Gasteiger partial charge in [-0.3, -0.25) is 13.9 Å². The summed E-state index contributed by atoms with van der Waals surface area (Å²) in [5.74, 6) is -0.403. The van der Waals surface area contributed by atoms with E-state index in [0.717, 1.165) is 4.57 Å². The van der Waals surface area contributed by atoms with Gasteiger partial charge in [0.15, 0.2) is 6.23 Å². The fourth-order valence-electron chi connectivity index (χ4n) is 4.22. The molecule has 0 saturated carbocycles. The molecule has 2 bridgehead atoms. The Labute approximate surface area is 213 Å². The van der Waals surface area contributed by atoms with Crippen molar-refractivity contribution in [3.63, 3.8) is 0 Å². The molecule has 1 unspecified atom stereocenters. The van der Waals surface area contributed by atoms with Gasteiger partial charge in [-0.15, -0.1) is 0 Å². The fourth-order valence-corrected chi connectivity index (χ4v) is 5.77. The summed E-state index contributed by atoms with van der Waals surface area (Å²) in [6.45, 7) is 5.85. The van der Waals surface area contributed by atoms with Gasteiger partial charge in [0.2, 0.25) is 0 Å². The highest BCUT2D eigenvalue weighted by Crippen LogP contribution is 2.54. The summed E-state index contributed by atoms with van der Waals surface area (Å²) in [6, 6.07) is 8.61. The predicted octanol–water partition coefficient (Wildman–Crippen LogP) is 1.38. The number of aromatic nitrogens is 2. The van der Waals surface area contributed by atoms with Gasteiger partial charge in [-0.1, -0.05) is 18.2 Å². The number of carbonyl (C=O) groups excluding carboxylic acids is 1. The topological polar surface area (TPSA) is 173 Å². The average Bonchev–Trinajstić information content (AvgIpc) is 3.20. The van der Waals surface area contributed by atoms with Crippen LogP contribution in [-0.4, -0.2) is 63.3 Å². The number of nitrogens with two attached hydrogens (primary N) is 1. The standard InChI is InChI=1S/C23H31N4O9P/c1-14(2)34-18(28)15(3)26-37(31,36-16-8-6-5-7-9-16)33-13-23-12-32-22(4,19(23)29)20(35-23)27-11-10-17(24)25-21(27)30/h5-11,14-15,19-20,29H,12-13H2,1-4H3,(H,26,31)(H2,24,25,30)/t15-,19+,20-,22-,23-,37?/m1/s1. The first-order valence-corrected chi connectivity index (χ1v) is 13.2. The first-order chi connectivity index (χ1) is 17.4. The van der Waals surface area contributed by atoms with Crippen LogP contribution in [0.1, 0.15) is 33.9 Å². The molecule has 2 aliphatic heterocycles. The molecule has 1 aromatic heterocycles. The molecule has 2 fully saturated rings. The number of esters is 1. The number of carbonyl (C=O) groups is 1. The quantitative estimate of drug-likeness (QED) is 0.293. The highest BCUT2D eigenvalue weighted by molar-refractivity contribution is 7.52. The first kappa shape index (κ1) is 27.2. The van der Waals surface area contributed by atoms with Gasteiger partial charge in [-0.25, -0.2) is 9.36 Å². The maximum Gasteiger partial charge on any atom is 0.459 e. The summed E-state index contributed by atoms with van der Waals surface area (Å²) >= 11 is 0. The maximum atomic E-state index is 13.8. The van der Waals surface area contributed by atoms with E-state index in [1.54, 1.807) is 51.1 Å². The molecule has 4 rings (SSSR count). The van der Waals surface area contributed by atoms with Crippen LogP contribution in [0, 0.1) is 0 Å². The number of rotatable bonds is 10. The largest absolute Gasteiger partial charge is 0.462 e. The molecule has 0 amide bonds. The normalized spacial score (nSPS) is 29.1. The Morgan fingerprint density at radius 2 is 2.03 bits per heavy atom. The van der Waals surface area contributed by atoms with E-state index in [-0.39, 0.29) is 24.3 Å². The lowest BCUT2D eigenvalue weighted by atomic mass is 9.92. The van der Waals surface area contributed by atoms with Gasteiger partial charge in [0.05, 0.1) is 19.3 Å². The Hall–Kier alpha value is -2.80. The average molecular weight is 538 g/mol. The van der Waals surface area contributed by atoms with Crippen molar-refractivity contribution in [1.29, 1.82) is 0 Å². The molecule has 3 heterocycles. The van der Waals surface area contributed by atoms with Gasteiger partial charge >= 0.3 is 19.4 Å². The van der Waals surface area contributed by atoms with E-state index in [0.29, 0.717) is 0 Å². The number of hydrogen-bond donors (Lipinski definition) is 3. The van der Waals surface area contributed by atoms with Crippen LogP contribution in [0.25, 0.3) is 0 Å². The van der Waals surface area contributed by atoms with Gasteiger partial charge in [0.25, 0.3) is 0 Å². The SMILES string of the molecule is CC(C)OC(=O)[C@@H](C)NP(=O)(OC[C@]12CO[C@](C)([C@@H]1O)[C@H](n1ccc(N)nc1=O)O2)Oc1ccccc1. The number of aliphatic hydroxyl groups is 1. The lowest BCUT2D eigenvalue weighted by Gasteiger charge is -2.34. The molecule has 0 radical (unpaired) electrons. The van der Waals surface area contributed by atoms with Crippen LogP contribution in [0.15, 0.2) is 47.4 Å². The monoisotopic (exact) mass is 538 g/mol. The molecule has 0 aliphatic carbocycles. The van der Waals surface area contributed by atoms with E-state index >= 15 is 0 Å². The minimum atomic E-state index is -4.24. The molecule has 0 spiro atoms. The van der Waals surface area contributed by atoms with Crippen LogP contribution in [0.3, 0.4) is 0 Å². The zero-order chi connectivity index (χ0) is 27.0. The van der Waals surface area contributed by atoms with Crippen molar-refractivity contribution in [2.24, 2.45) is 0 Å². The number of benzene rings is 1. The summed E-state index contributed by atoms with van der Waals surface area (Å²) in [6.07, 6.45) is -1.34. The lowest BCUT2D eigenvalue weighted by Crippen LogP contribution is -2.46. The number of nitrogens with zero attached hydrogens (tertiary/aromatic N) is 2. The van der Waals surface area contributed by atoms with Crippen molar-refractivity contribution in [2.75, 3.05) is 18.9 Å². The number of nitrogen functional groups attached to an aromatic ring is 1. The molecule has 202 valence electrons. The predicted molar refractivity (Wildman–Crippen MR) is 131 cm³/mol. The first-order valence-electron chi connectivity index (χ1n) is 11.7. The molecule has 13 nitrogen and oxygen atoms in total. The van der Waals surface area contributed by atoms with Gasteiger partial charge < -0.3 is 29.6 Å². The molecule has 2 saturated heterocycles. The smallest absolute Gasteiger partial charge is 0.459 e. The van der Waals surface area contributed by atoms with Crippen LogP contribution in [-0.2, 0) is 28.1 Å². The summed E-state index contributed by atoms with van der Waals surface area (Å²) < 4.78 is 43.5. The number of anilines is 1. The molecule has 37 heavy (non-hydrogen) atoms. The van der Waals surface area contributed by atoms with E-state index in [4.69, 9.17) is 29.0 Å². The Balaban J connectivity index is 1.57. The van der Waals surface area contributed by atoms with Crippen LogP contribution < -0.4 is 21.0 Å². The third kappa shape index (κ3) is 5.42. The molecule has 1 aromatic carbocycles. The molecule has 2 aliphatic rings. The number of para-hydroxylation sites is 1. The second kappa shape index (κ2) is 10.2. The van der Waals surface area contributed by atoms with E-state index in [1.165, 1.54) is 19.2 Å². The van der Waals surface area contributed by atoms with Gasteiger partial charge in [0.1, 0.15) is 34.9 Å². The summed E-state index contributed by atoms with van der Waals surface area (Å²) in [5.41, 5.74) is 2.06. The van der Waals surface area contributed by atoms with Crippen molar-refractivity contribution in [2.45, 2.75) is 63.4 Å². The van der Waals surface area contributed by atoms with Crippen LogP contribution in [0.4, 0.5) is 5.82 Å². The Kier molecular flexibility index (Phi) is 7.48. The summed E-state index contributed by atoms with van der Waals surface area (Å²) in [4.78, 5) is 28.5. The van der Waals surface area contributed by atoms with Gasteiger partial charge in [-0.2, -0.15) is 10.1 Å². The number of fused-ring (bicyclic) bond motifs is 2. The van der Waals surface area contributed by atoms with E-state index < -0.39 is 55.6 Å². The summed E-state index contributed by atoms with van der Waals surface area (Å²) in [5, 5.41) is 13.7. The van der Waals surface area contributed by atoms with Gasteiger partial charge in [0, 0.05) is 6.20 Å². The highest BCUT2D eigenvalue weighted by Gasteiger charge is 2.69. The summed E-state index contributed by atoms with van der Waals surface area (Å²) in [7, 11) is -4.24. The van der Waals surface area contributed by atoms with Crippen molar-refractivity contribution in [3.05, 3.63) is 53.1 Å². The fraction of sp³-hybridized carbons (Fsp3) is 0.522. The van der Waals surface area contributed by atoms with Crippen LogP contribution in [0.5, 0.6) is 5.75 Å². The van der Waals surface area contributed by atoms with E-state index in [2.05, 4.69) is 10.1 Å². The number of ether oxygens (including phenoxy) is 3. The highest BCUT2D eigenvalue weighted by atomic mass is 31.2. The van der Waals surface area contributed by atoms with Crippen molar-refractivity contribution in [3.8, 4) is 5.75 Å². The van der Waals surface area contributed by atoms with E-state index in [9.17, 15) is 19.3 Å². The second-order valence-corrected chi connectivity index (χ2v) is 11.2. The Morgan fingerprint density at radius 3 is 2.68 bits per heavy atom. The lowest BCUT2D eigenvalue weighted by molar-refractivity contribution is -0.211. The molecule has 6 atom stereocenters. The van der Waals surface area contributed by atoms with Crippen LogP contribution >= 0.6 is 7.75 Å². The third-order valence-electron chi connectivity index (χ3n) is 6.11. The second-order valence-electron chi connectivity index (χ2n) is 9.46. The molecule has 2 aromatic rings. The van der Waals surface area contributed by atoms with E-state index in [1.807, 2.05) is 0 Å². The van der Waals surface area contributed by atoms with Crippen molar-refractivity contribution in [1.82, 2.24) is 14.6 Å². The number of hydrogen-bond acceptors (Lipinski definition) is 11. The number of nitrogens with one attached hydrogen (secondary N) is 1. The Bertz CT molecular complexity index is 1240. The zero-order valence-electron chi connectivity index (χ0n) is 20.9. The minimum absolute atomic E-state index is 0.0317. The number of aliphatic hydroxyl groups excluding tert-OH is 1. The molecule has 4 N–H and O–H groups in total.